The van der Waals surface area contributed by atoms with E-state index in [-0.39, 0.29) is 0 Å². The van der Waals surface area contributed by atoms with E-state index in [0.29, 0.717) is 5.41 Å². The predicted molar refractivity (Wildman–Crippen MR) is 56.7 cm³/mol. The maximum Gasteiger partial charge on any atom is 0.0681 e. The van der Waals surface area contributed by atoms with Crippen LogP contribution in [0, 0.1) is 5.41 Å². The predicted octanol–water partition coefficient (Wildman–Crippen LogP) is 3.33. The molecule has 0 atom stereocenters. The second-order valence-corrected chi connectivity index (χ2v) is 4.82. The highest BCUT2D eigenvalue weighted by molar-refractivity contribution is 5.40. The molecule has 1 aliphatic rings. The Morgan fingerprint density at radius 1 is 1.38 bits per heavy atom. The maximum atomic E-state index is 5.17. The molecule has 74 valence electrons. The van der Waals surface area contributed by atoms with Crippen LogP contribution in [0.1, 0.15) is 34.1 Å². The molecule has 0 amide bonds. The smallest absolute Gasteiger partial charge is 0.0681 e. The Bertz CT molecular complexity index is 251. The van der Waals surface area contributed by atoms with Crippen LogP contribution >= 0.6 is 0 Å². The molecular weight excluding hydrogens is 160 g/mol. The lowest BCUT2D eigenvalue weighted by Gasteiger charge is -2.20. The molecule has 1 heteroatoms. The van der Waals surface area contributed by atoms with Gasteiger partial charge in [0.2, 0.25) is 0 Å². The summed E-state index contributed by atoms with van der Waals surface area (Å²) in [7, 11) is 1.76. The van der Waals surface area contributed by atoms with Crippen molar-refractivity contribution in [2.75, 3.05) is 13.7 Å². The van der Waals surface area contributed by atoms with Crippen LogP contribution in [0.25, 0.3) is 0 Å². The summed E-state index contributed by atoms with van der Waals surface area (Å²) in [5.74, 6) is 0. The summed E-state index contributed by atoms with van der Waals surface area (Å²) in [6.07, 6.45) is 3.41. The summed E-state index contributed by atoms with van der Waals surface area (Å²) in [5.41, 5.74) is 4.66. The highest BCUT2D eigenvalue weighted by Gasteiger charge is 2.22. The van der Waals surface area contributed by atoms with Crippen LogP contribution < -0.4 is 0 Å². The first-order chi connectivity index (χ1) is 5.95. The summed E-state index contributed by atoms with van der Waals surface area (Å²) in [6, 6.07) is 0. The lowest BCUT2D eigenvalue weighted by Crippen LogP contribution is -2.08. The van der Waals surface area contributed by atoms with E-state index < -0.39 is 0 Å². The zero-order valence-corrected chi connectivity index (χ0v) is 9.40. The molecule has 0 aliphatic heterocycles. The van der Waals surface area contributed by atoms with Crippen LogP contribution in [-0.2, 0) is 4.74 Å². The minimum Gasteiger partial charge on any atom is -0.380 e. The van der Waals surface area contributed by atoms with Crippen molar-refractivity contribution in [3.8, 4) is 0 Å². The van der Waals surface area contributed by atoms with Gasteiger partial charge in [-0.25, -0.2) is 0 Å². The Labute approximate surface area is 81.5 Å². The molecule has 0 spiro atoms. The van der Waals surface area contributed by atoms with E-state index in [2.05, 4.69) is 33.8 Å². The van der Waals surface area contributed by atoms with Crippen molar-refractivity contribution < 1.29 is 4.74 Å². The molecule has 1 rings (SSSR count). The molecular formula is C12H20O. The number of methoxy groups -OCH3 is 1. The van der Waals surface area contributed by atoms with Crippen molar-refractivity contribution in [1.82, 2.24) is 0 Å². The van der Waals surface area contributed by atoms with Crippen LogP contribution in [0.5, 0.6) is 0 Å². The minimum atomic E-state index is 0.302. The summed E-state index contributed by atoms with van der Waals surface area (Å²) in [4.78, 5) is 0. The second kappa shape index (κ2) is 3.67. The van der Waals surface area contributed by atoms with E-state index in [0.717, 1.165) is 13.0 Å². The summed E-state index contributed by atoms with van der Waals surface area (Å²) < 4.78 is 5.17. The molecule has 0 heterocycles. The van der Waals surface area contributed by atoms with Crippen molar-refractivity contribution in [3.63, 3.8) is 0 Å². The van der Waals surface area contributed by atoms with Crippen LogP contribution in [-0.4, -0.2) is 13.7 Å². The molecule has 0 N–H and O–H groups in total. The van der Waals surface area contributed by atoms with Gasteiger partial charge in [-0.15, -0.1) is 0 Å². The van der Waals surface area contributed by atoms with Gasteiger partial charge < -0.3 is 4.74 Å². The van der Waals surface area contributed by atoms with Gasteiger partial charge in [-0.1, -0.05) is 32.4 Å². The monoisotopic (exact) mass is 180 g/mol. The third kappa shape index (κ3) is 2.44. The van der Waals surface area contributed by atoms with E-state index in [1.54, 1.807) is 7.11 Å². The zero-order chi connectivity index (χ0) is 10.1. The second-order valence-electron chi connectivity index (χ2n) is 4.82. The maximum absolute atomic E-state index is 5.17. The first-order valence-corrected chi connectivity index (χ1v) is 4.83. The Morgan fingerprint density at radius 3 is 2.38 bits per heavy atom. The van der Waals surface area contributed by atoms with Crippen molar-refractivity contribution in [1.29, 1.82) is 0 Å². The van der Waals surface area contributed by atoms with E-state index >= 15 is 0 Å². The molecule has 0 fully saturated rings. The van der Waals surface area contributed by atoms with Crippen molar-refractivity contribution in [2.24, 2.45) is 5.41 Å². The van der Waals surface area contributed by atoms with Gasteiger partial charge >= 0.3 is 0 Å². The largest absolute Gasteiger partial charge is 0.380 e. The summed E-state index contributed by atoms with van der Waals surface area (Å²) in [5, 5.41) is 0. The Kier molecular flexibility index (Phi) is 2.97. The molecule has 0 unspecified atom stereocenters. The van der Waals surface area contributed by atoms with Crippen molar-refractivity contribution >= 4 is 0 Å². The fraction of sp³-hybridized carbons (Fsp3) is 0.667. The number of rotatable bonds is 2. The molecule has 0 radical (unpaired) electrons. The average molecular weight is 180 g/mol. The van der Waals surface area contributed by atoms with E-state index in [4.69, 9.17) is 4.74 Å². The topological polar surface area (TPSA) is 9.23 Å². The molecule has 0 aromatic carbocycles. The number of hydrogen-bond donors (Lipinski definition) is 0. The van der Waals surface area contributed by atoms with Gasteiger partial charge in [0.25, 0.3) is 0 Å². The van der Waals surface area contributed by atoms with Gasteiger partial charge in [0, 0.05) is 7.11 Å². The fourth-order valence-corrected chi connectivity index (χ4v) is 1.60. The first-order valence-electron chi connectivity index (χ1n) is 4.83. The number of hydrogen-bond acceptors (Lipinski definition) is 1. The van der Waals surface area contributed by atoms with Crippen LogP contribution in [0.4, 0.5) is 0 Å². The normalized spacial score (nSPS) is 18.1. The number of allylic oxidation sites excluding steroid dienone is 3. The SMILES string of the molecule is COCC1=C(C)C=C(C(C)(C)C)C1. The lowest BCUT2D eigenvalue weighted by molar-refractivity contribution is 0.223. The summed E-state index contributed by atoms with van der Waals surface area (Å²) in [6.45, 7) is 9.75. The highest BCUT2D eigenvalue weighted by Crippen LogP contribution is 2.36. The third-order valence-corrected chi connectivity index (χ3v) is 2.63. The van der Waals surface area contributed by atoms with Crippen LogP contribution in [0.3, 0.4) is 0 Å². The van der Waals surface area contributed by atoms with Gasteiger partial charge in [0.1, 0.15) is 0 Å². The molecule has 0 aromatic rings. The third-order valence-electron chi connectivity index (χ3n) is 2.63. The van der Waals surface area contributed by atoms with Gasteiger partial charge in [0.15, 0.2) is 0 Å². The standard InChI is InChI=1S/C12H20O/c1-9-6-11(12(2,3)4)7-10(9)8-13-5/h6H,7-8H2,1-5H3. The van der Waals surface area contributed by atoms with E-state index in [9.17, 15) is 0 Å². The molecule has 0 saturated carbocycles. The van der Waals surface area contributed by atoms with Crippen LogP contribution in [0.15, 0.2) is 22.8 Å². The summed E-state index contributed by atoms with van der Waals surface area (Å²) >= 11 is 0. The Balaban J connectivity index is 2.70. The fourth-order valence-electron chi connectivity index (χ4n) is 1.60. The van der Waals surface area contributed by atoms with Gasteiger partial charge in [-0.3, -0.25) is 0 Å². The first kappa shape index (κ1) is 10.5. The minimum absolute atomic E-state index is 0.302. The van der Waals surface area contributed by atoms with E-state index in [1.165, 1.54) is 16.7 Å². The van der Waals surface area contributed by atoms with Gasteiger partial charge in [-0.05, 0) is 29.9 Å². The number of ether oxygens (including phenoxy) is 1. The molecule has 0 aromatic heterocycles. The molecule has 0 bridgehead atoms. The quantitative estimate of drug-likeness (QED) is 0.633. The lowest BCUT2D eigenvalue weighted by atomic mass is 9.85. The van der Waals surface area contributed by atoms with Crippen molar-refractivity contribution in [2.45, 2.75) is 34.1 Å². The highest BCUT2D eigenvalue weighted by atomic mass is 16.5. The van der Waals surface area contributed by atoms with Crippen LogP contribution in [0.2, 0.25) is 0 Å². The van der Waals surface area contributed by atoms with E-state index in [1.807, 2.05) is 0 Å². The molecule has 1 nitrogen and oxygen atoms in total. The van der Waals surface area contributed by atoms with Gasteiger partial charge in [-0.2, -0.15) is 0 Å². The van der Waals surface area contributed by atoms with Gasteiger partial charge in [0.05, 0.1) is 6.61 Å². The Hall–Kier alpha value is -0.560. The molecule has 0 saturated heterocycles. The molecule has 13 heavy (non-hydrogen) atoms. The average Bonchev–Trinajstić information content (AvgIpc) is 2.32. The zero-order valence-electron chi connectivity index (χ0n) is 9.40. The Morgan fingerprint density at radius 2 is 2.00 bits per heavy atom. The van der Waals surface area contributed by atoms with Crippen molar-refractivity contribution in [3.05, 3.63) is 22.8 Å². The molecule has 1 aliphatic carbocycles.